The highest BCUT2D eigenvalue weighted by Crippen LogP contribution is 2.29. The molecule has 2 aromatic carbocycles. The molecule has 0 unspecified atom stereocenters. The summed E-state index contributed by atoms with van der Waals surface area (Å²) >= 11 is 0. The molecule has 2 aliphatic rings. The van der Waals surface area contributed by atoms with Crippen molar-refractivity contribution in [3.8, 4) is 0 Å². The number of piperidine rings is 1. The molecule has 4 aromatic rings. The van der Waals surface area contributed by atoms with Crippen molar-refractivity contribution in [1.29, 1.82) is 0 Å². The monoisotopic (exact) mass is 565 g/mol. The molecule has 0 saturated carbocycles. The number of nitrogens with zero attached hydrogens (tertiary/aromatic N) is 4. The fourth-order valence-electron chi connectivity index (χ4n) is 5.45. The van der Waals surface area contributed by atoms with Gasteiger partial charge in [-0.15, -0.1) is 0 Å². The molecule has 214 valence electrons. The van der Waals surface area contributed by atoms with Gasteiger partial charge in [-0.3, -0.25) is 14.6 Å². The molecule has 1 saturated heterocycles. The summed E-state index contributed by atoms with van der Waals surface area (Å²) in [5.74, 6) is 0.861. The van der Waals surface area contributed by atoms with E-state index in [2.05, 4.69) is 37.0 Å². The van der Waals surface area contributed by atoms with Gasteiger partial charge < -0.3 is 20.9 Å². The summed E-state index contributed by atoms with van der Waals surface area (Å²) in [6.07, 6.45) is 8.69. The number of fused-ring (bicyclic) bond motifs is 6. The van der Waals surface area contributed by atoms with Gasteiger partial charge in [-0.25, -0.2) is 9.37 Å². The van der Waals surface area contributed by atoms with Gasteiger partial charge in [0, 0.05) is 54.4 Å². The molecule has 1 fully saturated rings. The third-order valence-electron chi connectivity index (χ3n) is 7.81. The molecule has 9 nitrogen and oxygen atoms in total. The van der Waals surface area contributed by atoms with Crippen LogP contribution in [0.5, 0.6) is 0 Å². The number of likely N-dealkylation sites (tertiary alicyclic amines) is 1. The fraction of sp³-hybridized carbons (Fsp3) is 0.281. The van der Waals surface area contributed by atoms with E-state index in [1.54, 1.807) is 17.3 Å². The van der Waals surface area contributed by atoms with Crippen LogP contribution in [0, 0.1) is 18.7 Å². The van der Waals surface area contributed by atoms with E-state index in [0.29, 0.717) is 43.3 Å². The minimum absolute atomic E-state index is 0.0395. The lowest BCUT2D eigenvalue weighted by Crippen LogP contribution is -2.39. The zero-order valence-electron chi connectivity index (χ0n) is 23.4. The molecule has 6 rings (SSSR count). The quantitative estimate of drug-likeness (QED) is 0.287. The molecule has 4 heterocycles. The van der Waals surface area contributed by atoms with Crippen LogP contribution in [0.4, 0.5) is 33.2 Å². The number of pyridine rings is 1. The van der Waals surface area contributed by atoms with Crippen LogP contribution in [0.3, 0.4) is 0 Å². The number of carbonyl (C=O) groups is 2. The lowest BCUT2D eigenvalue weighted by Gasteiger charge is -2.32. The number of carbonyl (C=O) groups excluding carboxylic acids is 2. The number of aryl methyl sites for hydroxylation is 3. The summed E-state index contributed by atoms with van der Waals surface area (Å²) in [5, 5.41) is 9.78. The van der Waals surface area contributed by atoms with E-state index in [9.17, 15) is 14.0 Å². The Bertz CT molecular complexity index is 1620. The number of hydrogen-bond acceptors (Lipinski definition) is 7. The summed E-state index contributed by atoms with van der Waals surface area (Å²) in [6, 6.07) is 13.6. The molecule has 10 heteroatoms. The minimum atomic E-state index is -0.363. The van der Waals surface area contributed by atoms with Gasteiger partial charge >= 0.3 is 0 Å². The van der Waals surface area contributed by atoms with Crippen LogP contribution in [0.15, 0.2) is 67.1 Å². The highest BCUT2D eigenvalue weighted by molar-refractivity contribution is 5.94. The Kier molecular flexibility index (Phi) is 7.76. The Morgan fingerprint density at radius 3 is 2.60 bits per heavy atom. The number of anilines is 5. The molecule has 3 N–H and O–H groups in total. The number of aromatic nitrogens is 3. The maximum Gasteiger partial charge on any atom is 0.253 e. The van der Waals surface area contributed by atoms with Gasteiger partial charge in [0.1, 0.15) is 11.6 Å². The first-order chi connectivity index (χ1) is 20.4. The van der Waals surface area contributed by atoms with Gasteiger partial charge in [-0.1, -0.05) is 0 Å². The van der Waals surface area contributed by atoms with Gasteiger partial charge in [-0.2, -0.15) is 4.98 Å². The second-order valence-corrected chi connectivity index (χ2v) is 10.9. The topological polar surface area (TPSA) is 112 Å². The number of nitrogens with one attached hydrogen (secondary N) is 3. The molecule has 0 spiro atoms. The Morgan fingerprint density at radius 2 is 1.79 bits per heavy atom. The predicted octanol–water partition coefficient (Wildman–Crippen LogP) is 5.79. The summed E-state index contributed by atoms with van der Waals surface area (Å²) in [6.45, 7) is 3.10. The van der Waals surface area contributed by atoms with Crippen LogP contribution >= 0.6 is 0 Å². The number of amides is 2. The normalized spacial score (nSPS) is 14.9. The van der Waals surface area contributed by atoms with Crippen LogP contribution in [-0.2, 0) is 17.6 Å². The van der Waals surface area contributed by atoms with E-state index >= 15 is 0 Å². The maximum atomic E-state index is 13.2. The van der Waals surface area contributed by atoms with Crippen molar-refractivity contribution in [3.05, 3.63) is 95.2 Å². The fourth-order valence-corrected chi connectivity index (χ4v) is 5.45. The second kappa shape index (κ2) is 11.9. The largest absolute Gasteiger partial charge is 0.340 e. The van der Waals surface area contributed by atoms with Crippen LogP contribution in [0.1, 0.15) is 46.3 Å². The number of benzene rings is 2. The first-order valence-electron chi connectivity index (χ1n) is 14.2. The first kappa shape index (κ1) is 27.3. The highest BCUT2D eigenvalue weighted by atomic mass is 19.1. The van der Waals surface area contributed by atoms with Gasteiger partial charge in [0.15, 0.2) is 0 Å². The zero-order valence-corrected chi connectivity index (χ0v) is 23.4. The van der Waals surface area contributed by atoms with Crippen LogP contribution in [0.2, 0.25) is 0 Å². The van der Waals surface area contributed by atoms with Crippen LogP contribution in [-0.4, -0.2) is 44.8 Å². The number of halogens is 1. The van der Waals surface area contributed by atoms with Gasteiger partial charge in [-0.05, 0) is 98.2 Å². The van der Waals surface area contributed by atoms with Crippen molar-refractivity contribution in [3.63, 3.8) is 0 Å². The Balaban J connectivity index is 1.13. The van der Waals surface area contributed by atoms with Crippen LogP contribution < -0.4 is 16.0 Å². The predicted molar refractivity (Wildman–Crippen MR) is 160 cm³/mol. The van der Waals surface area contributed by atoms with Gasteiger partial charge in [0.05, 0.1) is 11.9 Å². The number of rotatable bonds is 4. The molecule has 2 aliphatic heterocycles. The third-order valence-corrected chi connectivity index (χ3v) is 7.81. The summed E-state index contributed by atoms with van der Waals surface area (Å²) in [7, 11) is 0. The minimum Gasteiger partial charge on any atom is -0.340 e. The van der Waals surface area contributed by atoms with E-state index < -0.39 is 0 Å². The highest BCUT2D eigenvalue weighted by Gasteiger charge is 2.25. The van der Waals surface area contributed by atoms with Crippen LogP contribution in [0.25, 0.3) is 0 Å². The first-order valence-corrected chi connectivity index (χ1v) is 14.2. The average molecular weight is 566 g/mol. The van der Waals surface area contributed by atoms with E-state index in [0.717, 1.165) is 53.0 Å². The smallest absolute Gasteiger partial charge is 0.253 e. The molecule has 2 aromatic heterocycles. The molecule has 42 heavy (non-hydrogen) atoms. The third kappa shape index (κ3) is 6.38. The van der Waals surface area contributed by atoms with E-state index in [-0.39, 0.29) is 23.5 Å². The zero-order chi connectivity index (χ0) is 29.1. The molecular formula is C32H32FN7O2. The molecule has 2 amide bonds. The van der Waals surface area contributed by atoms with E-state index in [4.69, 9.17) is 0 Å². The molecular weight excluding hydrogens is 533 g/mol. The van der Waals surface area contributed by atoms with Crippen molar-refractivity contribution in [2.24, 2.45) is 5.92 Å². The second-order valence-electron chi connectivity index (χ2n) is 10.9. The van der Waals surface area contributed by atoms with Crippen molar-refractivity contribution < 1.29 is 14.0 Å². The van der Waals surface area contributed by atoms with E-state index in [1.807, 2.05) is 31.3 Å². The lowest BCUT2D eigenvalue weighted by atomic mass is 9.92. The maximum absolute atomic E-state index is 13.2. The Labute approximate surface area is 243 Å². The lowest BCUT2D eigenvalue weighted by molar-refractivity contribution is -0.117. The van der Waals surface area contributed by atoms with Crippen molar-refractivity contribution in [2.45, 2.75) is 39.0 Å². The molecule has 6 bridgehead atoms. The van der Waals surface area contributed by atoms with E-state index in [1.165, 1.54) is 24.3 Å². The summed E-state index contributed by atoms with van der Waals surface area (Å²) < 4.78 is 13.2. The van der Waals surface area contributed by atoms with Crippen molar-refractivity contribution >= 4 is 40.6 Å². The van der Waals surface area contributed by atoms with Crippen molar-refractivity contribution in [2.75, 3.05) is 29.0 Å². The number of hydrogen-bond donors (Lipinski definition) is 3. The Hall–Kier alpha value is -4.86. The molecule has 0 aliphatic carbocycles. The van der Waals surface area contributed by atoms with Gasteiger partial charge in [0.25, 0.3) is 5.91 Å². The summed E-state index contributed by atoms with van der Waals surface area (Å²) in [4.78, 5) is 41.1. The SMILES string of the molecule is Cc1cnc2nc1Nc1ccc(NC(=O)CC3CCN(C(=O)c4ccc(F)cc4)CC3)c(c1)CCc1cncc(c1)N2. The standard InChI is InChI=1S/C32H32FN7O2/c1-20-17-35-32-37-27-14-22(18-34-19-27)2-3-24-16-26(36-30(20)39-32)8-9-28(24)38-29(41)15-21-10-12-40(13-11-21)31(42)23-4-6-25(33)7-5-23/h4-9,14,16-19,21H,2-3,10-13,15H2,1H3,(H,38,41)(H2,35,36,37,39). The molecule has 0 atom stereocenters. The molecule has 0 radical (unpaired) electrons. The van der Waals surface area contributed by atoms with Crippen molar-refractivity contribution in [1.82, 2.24) is 19.9 Å². The van der Waals surface area contributed by atoms with Gasteiger partial charge in [0.2, 0.25) is 11.9 Å². The summed E-state index contributed by atoms with van der Waals surface area (Å²) in [5.41, 5.74) is 5.93. The average Bonchev–Trinajstić information content (AvgIpc) is 2.99. The Morgan fingerprint density at radius 1 is 0.976 bits per heavy atom.